The molecule has 0 aliphatic rings. The summed E-state index contributed by atoms with van der Waals surface area (Å²) in [7, 11) is 0. The van der Waals surface area contributed by atoms with E-state index in [1.807, 2.05) is 13.0 Å². The van der Waals surface area contributed by atoms with E-state index in [4.69, 9.17) is 0 Å². The number of pyridine rings is 1. The van der Waals surface area contributed by atoms with Crippen molar-refractivity contribution in [3.63, 3.8) is 0 Å². The summed E-state index contributed by atoms with van der Waals surface area (Å²) in [5.74, 6) is 0. The third-order valence-corrected chi connectivity index (χ3v) is 5.13. The predicted molar refractivity (Wildman–Crippen MR) is 115 cm³/mol. The number of fused-ring (bicyclic) bond motifs is 2. The van der Waals surface area contributed by atoms with Gasteiger partial charge in [0.2, 0.25) is 0 Å². The van der Waals surface area contributed by atoms with E-state index in [1.165, 1.54) is 44.4 Å². The van der Waals surface area contributed by atoms with Gasteiger partial charge < -0.3 is 0 Å². The first kappa shape index (κ1) is 19.3. The van der Waals surface area contributed by atoms with E-state index in [-0.39, 0.29) is 34.5 Å². The van der Waals surface area contributed by atoms with Gasteiger partial charge in [-0.25, -0.2) is 14.6 Å². The minimum Gasteiger partial charge on any atom is -0.292 e. The summed E-state index contributed by atoms with van der Waals surface area (Å²) < 4.78 is 4.08. The third-order valence-electron chi connectivity index (χ3n) is 5.13. The molecule has 4 heterocycles. The average molecular weight is 429 g/mol. The summed E-state index contributed by atoms with van der Waals surface area (Å²) in [5, 5.41) is 15.7. The van der Waals surface area contributed by atoms with E-state index < -0.39 is 10.5 Å². The van der Waals surface area contributed by atoms with Gasteiger partial charge in [-0.3, -0.25) is 28.7 Å². The first-order valence-corrected chi connectivity index (χ1v) is 9.59. The second kappa shape index (κ2) is 7.23. The first-order chi connectivity index (χ1) is 15.4. The summed E-state index contributed by atoms with van der Waals surface area (Å²) in [4.78, 5) is 45.2. The van der Waals surface area contributed by atoms with Crippen molar-refractivity contribution in [2.75, 3.05) is 0 Å². The van der Waals surface area contributed by atoms with E-state index in [0.29, 0.717) is 11.3 Å². The Labute approximate surface area is 179 Å². The van der Waals surface area contributed by atoms with Crippen molar-refractivity contribution < 1.29 is 4.92 Å². The van der Waals surface area contributed by atoms with Crippen molar-refractivity contribution in [2.24, 2.45) is 0 Å². The van der Waals surface area contributed by atoms with Crippen LogP contribution >= 0.6 is 0 Å². The summed E-state index contributed by atoms with van der Waals surface area (Å²) in [6.07, 6.45) is 2.64. The molecular weight excluding hydrogens is 414 g/mol. The molecule has 0 spiro atoms. The average Bonchev–Trinajstić information content (AvgIpc) is 3.20. The predicted octanol–water partition coefficient (Wildman–Crippen LogP) is 1.86. The number of benzene rings is 1. The van der Waals surface area contributed by atoms with Gasteiger partial charge in [-0.15, -0.1) is 0 Å². The molecule has 1 aromatic carbocycles. The zero-order valence-corrected chi connectivity index (χ0v) is 16.7. The number of aromatic nitrogens is 6. The lowest BCUT2D eigenvalue weighted by molar-refractivity contribution is -0.384. The lowest BCUT2D eigenvalue weighted by atomic mass is 10.2. The van der Waals surface area contributed by atoms with Crippen LogP contribution in [-0.2, 0) is 6.54 Å². The number of aryl methyl sites for hydroxylation is 1. The van der Waals surface area contributed by atoms with Gasteiger partial charge in [0.25, 0.3) is 16.8 Å². The SMILES string of the molecule is Cc1cccc2nc(Cn3cnc4c(cnn4-c4ccccc4[N+](=O)[O-])c3=O)cc(=O)n12. The van der Waals surface area contributed by atoms with Crippen LogP contribution in [0.4, 0.5) is 5.69 Å². The smallest absolute Gasteiger partial charge is 0.292 e. The standard InChI is InChI=1S/C21H15N7O4/c1-13-5-4-8-18-24-14(9-19(29)26(13)18)11-25-12-22-20-15(21(25)30)10-23-27(20)16-6-2-3-7-17(16)28(31)32/h2-10,12H,11H2,1H3. The second-order valence-corrected chi connectivity index (χ2v) is 7.16. The number of para-hydroxylation sites is 2. The van der Waals surface area contributed by atoms with Gasteiger partial charge in [0.1, 0.15) is 23.0 Å². The van der Waals surface area contributed by atoms with Gasteiger partial charge in [0.15, 0.2) is 5.65 Å². The molecule has 0 amide bonds. The molecule has 158 valence electrons. The quantitative estimate of drug-likeness (QED) is 0.315. The van der Waals surface area contributed by atoms with Gasteiger partial charge in [-0.1, -0.05) is 18.2 Å². The molecule has 0 N–H and O–H groups in total. The molecule has 5 aromatic rings. The zero-order chi connectivity index (χ0) is 22.4. The minimum atomic E-state index is -0.518. The summed E-state index contributed by atoms with van der Waals surface area (Å²) >= 11 is 0. The van der Waals surface area contributed by atoms with Crippen LogP contribution in [0.2, 0.25) is 0 Å². The normalized spacial score (nSPS) is 11.3. The second-order valence-electron chi connectivity index (χ2n) is 7.16. The van der Waals surface area contributed by atoms with E-state index >= 15 is 0 Å². The molecule has 0 saturated carbocycles. The maximum Gasteiger partial charge on any atom is 0.294 e. The van der Waals surface area contributed by atoms with E-state index in [0.717, 1.165) is 5.69 Å². The molecule has 0 atom stereocenters. The van der Waals surface area contributed by atoms with Crippen LogP contribution < -0.4 is 11.1 Å². The van der Waals surface area contributed by atoms with Crippen molar-refractivity contribution in [3.05, 3.63) is 103 Å². The Morgan fingerprint density at radius 1 is 1.09 bits per heavy atom. The number of rotatable bonds is 4. The number of nitro benzene ring substituents is 1. The molecule has 0 radical (unpaired) electrons. The Balaban J connectivity index is 1.59. The molecule has 0 aliphatic carbocycles. The molecule has 0 fully saturated rings. The summed E-state index contributed by atoms with van der Waals surface area (Å²) in [5.41, 5.74) is 1.27. The fourth-order valence-corrected chi connectivity index (χ4v) is 3.65. The van der Waals surface area contributed by atoms with E-state index in [9.17, 15) is 19.7 Å². The van der Waals surface area contributed by atoms with Crippen LogP contribution in [0.15, 0.2) is 70.6 Å². The lowest BCUT2D eigenvalue weighted by Crippen LogP contribution is -2.24. The topological polar surface area (TPSA) is 130 Å². The zero-order valence-electron chi connectivity index (χ0n) is 16.7. The fourth-order valence-electron chi connectivity index (χ4n) is 3.65. The first-order valence-electron chi connectivity index (χ1n) is 9.59. The number of hydrogen-bond donors (Lipinski definition) is 0. The minimum absolute atomic E-state index is 0.0398. The van der Waals surface area contributed by atoms with Gasteiger partial charge in [-0.2, -0.15) is 5.10 Å². The Hall–Kier alpha value is -4.67. The Morgan fingerprint density at radius 3 is 2.72 bits per heavy atom. The molecule has 11 heteroatoms. The van der Waals surface area contributed by atoms with Gasteiger partial charge >= 0.3 is 0 Å². The highest BCUT2D eigenvalue weighted by atomic mass is 16.6. The highest BCUT2D eigenvalue weighted by Gasteiger charge is 2.19. The number of nitrogens with zero attached hydrogens (tertiary/aromatic N) is 7. The van der Waals surface area contributed by atoms with Crippen LogP contribution in [0, 0.1) is 17.0 Å². The maximum absolute atomic E-state index is 13.0. The molecule has 0 bridgehead atoms. The van der Waals surface area contributed by atoms with Crippen molar-refractivity contribution in [1.29, 1.82) is 0 Å². The van der Waals surface area contributed by atoms with Crippen LogP contribution in [0.25, 0.3) is 22.4 Å². The van der Waals surface area contributed by atoms with Gasteiger partial charge in [0, 0.05) is 17.8 Å². The van der Waals surface area contributed by atoms with Crippen LogP contribution in [0.1, 0.15) is 11.4 Å². The molecule has 0 aliphatic heterocycles. The Bertz CT molecular complexity index is 1650. The van der Waals surface area contributed by atoms with E-state index in [2.05, 4.69) is 15.1 Å². The monoisotopic (exact) mass is 429 g/mol. The van der Waals surface area contributed by atoms with Crippen LogP contribution in [0.5, 0.6) is 0 Å². The molecule has 11 nitrogen and oxygen atoms in total. The lowest BCUT2D eigenvalue weighted by Gasteiger charge is -2.08. The molecule has 0 unspecified atom stereocenters. The molecule has 32 heavy (non-hydrogen) atoms. The van der Waals surface area contributed by atoms with Gasteiger partial charge in [0.05, 0.1) is 23.4 Å². The van der Waals surface area contributed by atoms with Crippen molar-refractivity contribution >= 4 is 22.4 Å². The maximum atomic E-state index is 13.0. The van der Waals surface area contributed by atoms with Crippen LogP contribution in [0.3, 0.4) is 0 Å². The van der Waals surface area contributed by atoms with Gasteiger partial charge in [-0.05, 0) is 25.1 Å². The Kier molecular flexibility index (Phi) is 4.36. The van der Waals surface area contributed by atoms with Crippen molar-refractivity contribution in [3.8, 4) is 5.69 Å². The number of hydrogen-bond acceptors (Lipinski definition) is 7. The molecular formula is C21H15N7O4. The number of nitro groups is 1. The highest BCUT2D eigenvalue weighted by Crippen LogP contribution is 2.23. The molecule has 5 rings (SSSR count). The molecule has 0 saturated heterocycles. The van der Waals surface area contributed by atoms with Crippen molar-refractivity contribution in [2.45, 2.75) is 13.5 Å². The summed E-state index contributed by atoms with van der Waals surface area (Å²) in [6, 6.07) is 12.8. The van der Waals surface area contributed by atoms with Crippen LogP contribution in [-0.4, -0.2) is 33.6 Å². The summed E-state index contributed by atoms with van der Waals surface area (Å²) in [6.45, 7) is 1.85. The highest BCUT2D eigenvalue weighted by molar-refractivity contribution is 5.76. The molecule has 4 aromatic heterocycles. The van der Waals surface area contributed by atoms with Crippen molar-refractivity contribution in [1.82, 2.24) is 28.7 Å². The Morgan fingerprint density at radius 2 is 1.91 bits per heavy atom. The largest absolute Gasteiger partial charge is 0.294 e. The fraction of sp³-hybridized carbons (Fsp3) is 0.0952. The third kappa shape index (κ3) is 3.03. The van der Waals surface area contributed by atoms with E-state index in [1.54, 1.807) is 24.3 Å².